The molecule has 2 saturated heterocycles. The van der Waals surface area contributed by atoms with E-state index in [1.165, 1.54) is 0 Å². The Morgan fingerprint density at radius 3 is 2.88 bits per heavy atom. The maximum atomic E-state index is 13.0. The summed E-state index contributed by atoms with van der Waals surface area (Å²) in [7, 11) is 0. The van der Waals surface area contributed by atoms with E-state index in [0.717, 1.165) is 50.6 Å². The minimum absolute atomic E-state index is 0.0101. The van der Waals surface area contributed by atoms with Gasteiger partial charge in [-0.2, -0.15) is 11.3 Å². The lowest BCUT2D eigenvalue weighted by Gasteiger charge is -2.35. The van der Waals surface area contributed by atoms with Crippen LogP contribution in [0.1, 0.15) is 48.9 Å². The first kappa shape index (κ1) is 16.1. The molecular weight excluding hydrogens is 324 g/mol. The van der Waals surface area contributed by atoms with Crippen LogP contribution in [0.25, 0.3) is 0 Å². The van der Waals surface area contributed by atoms with Crippen molar-refractivity contribution in [3.05, 3.63) is 22.4 Å². The van der Waals surface area contributed by atoms with Crippen LogP contribution >= 0.6 is 11.3 Å². The molecule has 0 N–H and O–H groups in total. The third-order valence-electron chi connectivity index (χ3n) is 5.89. The van der Waals surface area contributed by atoms with Crippen LogP contribution in [0.3, 0.4) is 0 Å². The van der Waals surface area contributed by atoms with Gasteiger partial charge in [-0.25, -0.2) is 5.06 Å². The summed E-state index contributed by atoms with van der Waals surface area (Å²) in [6, 6.07) is 1.89. The molecule has 24 heavy (non-hydrogen) atoms. The van der Waals surface area contributed by atoms with Crippen molar-refractivity contribution in [2.24, 2.45) is 11.3 Å². The second kappa shape index (κ2) is 6.48. The minimum atomic E-state index is -0.0381. The Balaban J connectivity index is 1.48. The van der Waals surface area contributed by atoms with E-state index in [2.05, 4.69) is 0 Å². The zero-order chi connectivity index (χ0) is 16.6. The summed E-state index contributed by atoms with van der Waals surface area (Å²) >= 11 is 1.55. The molecule has 0 bridgehead atoms. The molecule has 3 fully saturated rings. The van der Waals surface area contributed by atoms with E-state index in [4.69, 9.17) is 4.84 Å². The zero-order valence-electron chi connectivity index (χ0n) is 13.9. The second-order valence-electron chi connectivity index (χ2n) is 7.28. The smallest absolute Gasteiger partial charge is 0.254 e. The number of hydrogen-bond acceptors (Lipinski definition) is 4. The molecule has 3 aliphatic rings. The fraction of sp³-hybridized carbons (Fsp3) is 0.667. The number of carbonyl (C=O) groups excluding carboxylic acids is 2. The molecule has 2 amide bonds. The third-order valence-corrected chi connectivity index (χ3v) is 6.58. The van der Waals surface area contributed by atoms with Gasteiger partial charge in [-0.1, -0.05) is 6.42 Å². The van der Waals surface area contributed by atoms with Crippen molar-refractivity contribution in [3.8, 4) is 0 Å². The van der Waals surface area contributed by atoms with Crippen LogP contribution in [0, 0.1) is 11.3 Å². The highest BCUT2D eigenvalue weighted by molar-refractivity contribution is 7.08. The van der Waals surface area contributed by atoms with Gasteiger partial charge in [0.05, 0.1) is 12.2 Å². The Kier molecular flexibility index (Phi) is 4.35. The average molecular weight is 348 g/mol. The monoisotopic (exact) mass is 348 g/mol. The highest BCUT2D eigenvalue weighted by atomic mass is 32.1. The lowest BCUT2D eigenvalue weighted by molar-refractivity contribution is -0.204. The van der Waals surface area contributed by atoms with E-state index in [1.807, 2.05) is 21.7 Å². The van der Waals surface area contributed by atoms with Crippen LogP contribution in [-0.2, 0) is 9.63 Å². The van der Waals surface area contributed by atoms with Gasteiger partial charge < -0.3 is 4.90 Å². The maximum Gasteiger partial charge on any atom is 0.254 e. The molecule has 0 aromatic carbocycles. The number of thiophene rings is 1. The van der Waals surface area contributed by atoms with Crippen molar-refractivity contribution < 1.29 is 14.4 Å². The van der Waals surface area contributed by atoms with Crippen LogP contribution in [0.15, 0.2) is 16.8 Å². The summed E-state index contributed by atoms with van der Waals surface area (Å²) in [5.74, 6) is 0.272. The summed E-state index contributed by atoms with van der Waals surface area (Å²) in [5.41, 5.74) is 0.737. The fourth-order valence-electron chi connectivity index (χ4n) is 4.59. The van der Waals surface area contributed by atoms with Crippen molar-refractivity contribution in [1.82, 2.24) is 9.96 Å². The second-order valence-corrected chi connectivity index (χ2v) is 8.06. The van der Waals surface area contributed by atoms with Gasteiger partial charge in [-0.3, -0.25) is 14.4 Å². The molecule has 1 spiro atoms. The number of rotatable bonds is 2. The molecule has 0 unspecified atom stereocenters. The van der Waals surface area contributed by atoms with Gasteiger partial charge in [0.2, 0.25) is 5.91 Å². The first-order chi connectivity index (χ1) is 11.7. The van der Waals surface area contributed by atoms with Gasteiger partial charge in [0.1, 0.15) is 0 Å². The number of hydroxylamine groups is 2. The van der Waals surface area contributed by atoms with Gasteiger partial charge in [0.15, 0.2) is 0 Å². The zero-order valence-corrected chi connectivity index (χ0v) is 14.7. The largest absolute Gasteiger partial charge is 0.338 e. The topological polar surface area (TPSA) is 49.9 Å². The molecule has 1 aromatic rings. The summed E-state index contributed by atoms with van der Waals surface area (Å²) in [6.45, 7) is 2.84. The SMILES string of the molecule is O=C(c1ccsc1)N1CC[C@]2(CCC[C@@H]2C(=O)N2CCCCO2)C1. The van der Waals surface area contributed by atoms with E-state index in [-0.39, 0.29) is 23.1 Å². The molecule has 1 saturated carbocycles. The van der Waals surface area contributed by atoms with Crippen molar-refractivity contribution in [3.63, 3.8) is 0 Å². The Morgan fingerprint density at radius 1 is 1.21 bits per heavy atom. The summed E-state index contributed by atoms with van der Waals surface area (Å²) < 4.78 is 0. The van der Waals surface area contributed by atoms with Crippen molar-refractivity contribution in [1.29, 1.82) is 0 Å². The van der Waals surface area contributed by atoms with Gasteiger partial charge in [0.25, 0.3) is 5.91 Å². The molecule has 0 radical (unpaired) electrons. The minimum Gasteiger partial charge on any atom is -0.338 e. The molecule has 3 heterocycles. The molecule has 4 rings (SSSR count). The third kappa shape index (κ3) is 2.75. The van der Waals surface area contributed by atoms with Crippen molar-refractivity contribution in [2.75, 3.05) is 26.2 Å². The van der Waals surface area contributed by atoms with Gasteiger partial charge in [-0.15, -0.1) is 0 Å². The number of amides is 2. The van der Waals surface area contributed by atoms with Crippen LogP contribution in [0.5, 0.6) is 0 Å². The highest BCUT2D eigenvalue weighted by Crippen LogP contribution is 2.50. The molecular formula is C18H24N2O3S. The van der Waals surface area contributed by atoms with E-state index in [1.54, 1.807) is 16.4 Å². The van der Waals surface area contributed by atoms with Gasteiger partial charge >= 0.3 is 0 Å². The molecule has 6 heteroatoms. The van der Waals surface area contributed by atoms with Crippen LogP contribution in [0.2, 0.25) is 0 Å². The Hall–Kier alpha value is -1.40. The van der Waals surface area contributed by atoms with Crippen molar-refractivity contribution in [2.45, 2.75) is 38.5 Å². The van der Waals surface area contributed by atoms with Gasteiger partial charge in [0, 0.05) is 36.3 Å². The first-order valence-corrected chi connectivity index (χ1v) is 9.90. The van der Waals surface area contributed by atoms with Crippen molar-refractivity contribution >= 4 is 23.2 Å². The predicted molar refractivity (Wildman–Crippen MR) is 91.5 cm³/mol. The normalized spacial score (nSPS) is 30.2. The Bertz CT molecular complexity index is 612. The first-order valence-electron chi connectivity index (χ1n) is 8.95. The molecule has 2 aliphatic heterocycles. The average Bonchev–Trinajstić information content (AvgIpc) is 3.37. The van der Waals surface area contributed by atoms with E-state index < -0.39 is 0 Å². The molecule has 2 atom stereocenters. The Labute approximate surface area is 146 Å². The van der Waals surface area contributed by atoms with Crippen LogP contribution in [0.4, 0.5) is 0 Å². The lowest BCUT2D eigenvalue weighted by Crippen LogP contribution is -2.45. The number of nitrogens with zero attached hydrogens (tertiary/aromatic N) is 2. The maximum absolute atomic E-state index is 13.0. The van der Waals surface area contributed by atoms with Gasteiger partial charge in [-0.05, 0) is 43.6 Å². The molecule has 130 valence electrons. The predicted octanol–water partition coefficient (Wildman–Crippen LogP) is 2.93. The van der Waals surface area contributed by atoms with E-state index in [9.17, 15) is 9.59 Å². The Morgan fingerprint density at radius 2 is 2.12 bits per heavy atom. The van der Waals surface area contributed by atoms with E-state index >= 15 is 0 Å². The summed E-state index contributed by atoms with van der Waals surface area (Å²) in [4.78, 5) is 33.1. The fourth-order valence-corrected chi connectivity index (χ4v) is 5.22. The number of likely N-dealkylation sites (tertiary alicyclic amines) is 1. The number of carbonyl (C=O) groups is 2. The number of hydrogen-bond donors (Lipinski definition) is 0. The van der Waals surface area contributed by atoms with Crippen LogP contribution in [-0.4, -0.2) is 48.0 Å². The molecule has 5 nitrogen and oxygen atoms in total. The summed E-state index contributed by atoms with van der Waals surface area (Å²) in [6.07, 6.45) is 6.04. The standard InChI is InChI=1S/C18H24N2O3S/c21-16(14-5-11-24-12-14)19-9-7-18(13-19)6-3-4-15(18)17(22)20-8-1-2-10-23-20/h5,11-12,15H,1-4,6-10,13H2/t15-,18-/m1/s1. The lowest BCUT2D eigenvalue weighted by atomic mass is 9.76. The molecule has 1 aromatic heterocycles. The van der Waals surface area contributed by atoms with E-state index in [0.29, 0.717) is 19.7 Å². The highest BCUT2D eigenvalue weighted by Gasteiger charge is 2.52. The quantitative estimate of drug-likeness (QED) is 0.826. The molecule has 1 aliphatic carbocycles. The van der Waals surface area contributed by atoms with Crippen LogP contribution < -0.4 is 0 Å². The summed E-state index contributed by atoms with van der Waals surface area (Å²) in [5, 5.41) is 5.45.